The van der Waals surface area contributed by atoms with E-state index >= 15 is 0 Å². The number of rotatable bonds is 2. The van der Waals surface area contributed by atoms with E-state index in [1.165, 1.54) is 18.3 Å². The SMILES string of the molecule is CC(=O)Nc1nc2c(s1)CN(C(=O)c1ccc3[nH]ccc3c1)CC2. The van der Waals surface area contributed by atoms with Gasteiger partial charge in [-0.05, 0) is 24.3 Å². The maximum atomic E-state index is 12.8. The number of aromatic nitrogens is 2. The van der Waals surface area contributed by atoms with Gasteiger partial charge in [0.2, 0.25) is 5.91 Å². The molecular weight excluding hydrogens is 324 g/mol. The lowest BCUT2D eigenvalue weighted by molar-refractivity contribution is -0.114. The van der Waals surface area contributed by atoms with E-state index in [-0.39, 0.29) is 11.8 Å². The smallest absolute Gasteiger partial charge is 0.254 e. The molecule has 0 aliphatic carbocycles. The standard InChI is InChI=1S/C17H16N4O2S/c1-10(22)19-17-20-14-5-7-21(9-15(14)24-17)16(23)12-2-3-13-11(8-12)4-6-18-13/h2-4,6,8,18H,5,7,9H2,1H3,(H,19,20,22). The number of carbonyl (C=O) groups is 2. The van der Waals surface area contributed by atoms with Crippen LogP contribution in [0.15, 0.2) is 30.5 Å². The Bertz CT molecular complexity index is 943. The number of hydrogen-bond donors (Lipinski definition) is 2. The number of amides is 2. The maximum absolute atomic E-state index is 12.8. The summed E-state index contributed by atoms with van der Waals surface area (Å²) in [5.41, 5.74) is 2.70. The molecule has 0 bridgehead atoms. The first-order valence-corrected chi connectivity index (χ1v) is 8.54. The Balaban J connectivity index is 1.55. The van der Waals surface area contributed by atoms with E-state index in [9.17, 15) is 9.59 Å². The number of benzene rings is 1. The van der Waals surface area contributed by atoms with E-state index < -0.39 is 0 Å². The zero-order valence-electron chi connectivity index (χ0n) is 13.1. The van der Waals surface area contributed by atoms with Crippen LogP contribution >= 0.6 is 11.3 Å². The Morgan fingerprint density at radius 3 is 3.04 bits per heavy atom. The summed E-state index contributed by atoms with van der Waals surface area (Å²) in [4.78, 5) is 34.4. The van der Waals surface area contributed by atoms with Gasteiger partial charge in [0.1, 0.15) is 0 Å². The van der Waals surface area contributed by atoms with E-state index in [1.807, 2.05) is 35.4 Å². The average molecular weight is 340 g/mol. The Hall–Kier alpha value is -2.67. The molecule has 6 nitrogen and oxygen atoms in total. The Kier molecular flexibility index (Phi) is 3.57. The molecule has 0 radical (unpaired) electrons. The third kappa shape index (κ3) is 2.67. The summed E-state index contributed by atoms with van der Waals surface area (Å²) in [6.45, 7) is 2.64. The average Bonchev–Trinajstić information content (AvgIpc) is 3.17. The van der Waals surface area contributed by atoms with E-state index in [0.29, 0.717) is 30.2 Å². The fraction of sp³-hybridized carbons (Fsp3) is 0.235. The Morgan fingerprint density at radius 1 is 1.33 bits per heavy atom. The van der Waals surface area contributed by atoms with Crippen molar-refractivity contribution in [1.82, 2.24) is 14.9 Å². The van der Waals surface area contributed by atoms with Gasteiger partial charge in [-0.1, -0.05) is 11.3 Å². The molecule has 0 saturated heterocycles. The number of nitrogens with one attached hydrogen (secondary N) is 2. The number of aromatic amines is 1. The van der Waals surface area contributed by atoms with Crippen molar-refractivity contribution >= 4 is 39.2 Å². The van der Waals surface area contributed by atoms with Crippen molar-refractivity contribution in [3.05, 3.63) is 46.6 Å². The van der Waals surface area contributed by atoms with Crippen molar-refractivity contribution in [3.63, 3.8) is 0 Å². The Labute approximate surface area is 142 Å². The first-order chi connectivity index (χ1) is 11.6. The lowest BCUT2D eigenvalue weighted by Gasteiger charge is -2.26. The van der Waals surface area contributed by atoms with Crippen LogP contribution in [0, 0.1) is 0 Å². The van der Waals surface area contributed by atoms with Gasteiger partial charge >= 0.3 is 0 Å². The molecule has 4 rings (SSSR count). The van der Waals surface area contributed by atoms with Crippen molar-refractivity contribution in [1.29, 1.82) is 0 Å². The van der Waals surface area contributed by atoms with Gasteiger partial charge in [-0.15, -0.1) is 0 Å². The molecule has 3 aromatic rings. The van der Waals surface area contributed by atoms with Crippen LogP contribution in [0.3, 0.4) is 0 Å². The topological polar surface area (TPSA) is 78.1 Å². The fourth-order valence-corrected chi connectivity index (χ4v) is 4.01. The molecule has 24 heavy (non-hydrogen) atoms. The van der Waals surface area contributed by atoms with Crippen LogP contribution < -0.4 is 5.32 Å². The van der Waals surface area contributed by atoms with Crippen LogP contribution in [0.25, 0.3) is 10.9 Å². The number of fused-ring (bicyclic) bond motifs is 2. The third-order valence-corrected chi connectivity index (χ3v) is 5.10. The maximum Gasteiger partial charge on any atom is 0.254 e. The second-order valence-corrected chi connectivity index (χ2v) is 6.91. The van der Waals surface area contributed by atoms with Gasteiger partial charge in [0.15, 0.2) is 5.13 Å². The number of carbonyl (C=O) groups excluding carboxylic acids is 2. The summed E-state index contributed by atoms with van der Waals surface area (Å²) in [5.74, 6) is -0.105. The van der Waals surface area contributed by atoms with Crippen molar-refractivity contribution in [2.45, 2.75) is 19.9 Å². The van der Waals surface area contributed by atoms with Crippen molar-refractivity contribution < 1.29 is 9.59 Å². The normalized spacial score (nSPS) is 13.8. The second-order valence-electron chi connectivity index (χ2n) is 5.83. The first kappa shape index (κ1) is 14.9. The van der Waals surface area contributed by atoms with Crippen LogP contribution in [0.5, 0.6) is 0 Å². The van der Waals surface area contributed by atoms with E-state index in [1.54, 1.807) is 0 Å². The zero-order valence-corrected chi connectivity index (χ0v) is 13.9. The lowest BCUT2D eigenvalue weighted by atomic mass is 10.1. The highest BCUT2D eigenvalue weighted by Crippen LogP contribution is 2.29. The minimum atomic E-state index is -0.131. The van der Waals surface area contributed by atoms with E-state index in [4.69, 9.17) is 0 Å². The molecule has 0 saturated carbocycles. The molecule has 1 aromatic carbocycles. The summed E-state index contributed by atoms with van der Waals surface area (Å²) in [7, 11) is 0. The molecular formula is C17H16N4O2S. The van der Waals surface area contributed by atoms with Crippen molar-refractivity contribution in [2.75, 3.05) is 11.9 Å². The molecule has 2 aromatic heterocycles. The number of nitrogens with zero attached hydrogens (tertiary/aromatic N) is 2. The number of H-pyrrole nitrogens is 1. The summed E-state index contributed by atoms with van der Waals surface area (Å²) >= 11 is 1.44. The van der Waals surface area contributed by atoms with Gasteiger partial charge in [0, 0.05) is 47.4 Å². The van der Waals surface area contributed by atoms with Gasteiger partial charge in [0.25, 0.3) is 5.91 Å². The predicted molar refractivity (Wildman–Crippen MR) is 93.2 cm³/mol. The predicted octanol–water partition coefficient (Wildman–Crippen LogP) is 2.78. The Morgan fingerprint density at radius 2 is 2.21 bits per heavy atom. The monoisotopic (exact) mass is 340 g/mol. The molecule has 0 fully saturated rings. The highest BCUT2D eigenvalue weighted by molar-refractivity contribution is 7.15. The summed E-state index contributed by atoms with van der Waals surface area (Å²) < 4.78 is 0. The van der Waals surface area contributed by atoms with Gasteiger partial charge in [-0.3, -0.25) is 9.59 Å². The molecule has 2 N–H and O–H groups in total. The third-order valence-electron chi connectivity index (χ3n) is 4.10. The van der Waals surface area contributed by atoms with Crippen LogP contribution in [-0.4, -0.2) is 33.2 Å². The number of hydrogen-bond acceptors (Lipinski definition) is 4. The largest absolute Gasteiger partial charge is 0.361 e. The summed E-state index contributed by atoms with van der Waals surface area (Å²) in [6, 6.07) is 7.66. The fourth-order valence-electron chi connectivity index (χ4n) is 2.94. The first-order valence-electron chi connectivity index (χ1n) is 7.73. The second kappa shape index (κ2) is 5.76. The molecule has 2 amide bonds. The highest BCUT2D eigenvalue weighted by Gasteiger charge is 2.25. The van der Waals surface area contributed by atoms with Crippen molar-refractivity contribution in [2.24, 2.45) is 0 Å². The molecule has 3 heterocycles. The van der Waals surface area contributed by atoms with Crippen LogP contribution in [0.2, 0.25) is 0 Å². The molecule has 122 valence electrons. The molecule has 1 aliphatic rings. The van der Waals surface area contributed by atoms with Gasteiger partial charge < -0.3 is 15.2 Å². The molecule has 0 spiro atoms. The quantitative estimate of drug-likeness (QED) is 0.753. The van der Waals surface area contributed by atoms with Crippen LogP contribution in [0.4, 0.5) is 5.13 Å². The van der Waals surface area contributed by atoms with E-state index in [2.05, 4.69) is 15.3 Å². The van der Waals surface area contributed by atoms with E-state index in [0.717, 1.165) is 21.5 Å². The van der Waals surface area contributed by atoms with Crippen LogP contribution in [0.1, 0.15) is 27.9 Å². The summed E-state index contributed by atoms with van der Waals surface area (Å²) in [5, 5.41) is 4.36. The number of anilines is 1. The van der Waals surface area contributed by atoms with Crippen LogP contribution in [-0.2, 0) is 17.8 Å². The molecule has 0 unspecified atom stereocenters. The molecule has 1 aliphatic heterocycles. The molecule has 0 atom stereocenters. The minimum Gasteiger partial charge on any atom is -0.361 e. The van der Waals surface area contributed by atoms with Gasteiger partial charge in [-0.2, -0.15) is 0 Å². The zero-order chi connectivity index (χ0) is 16.7. The van der Waals surface area contributed by atoms with Gasteiger partial charge in [0.05, 0.1) is 12.2 Å². The summed E-state index contributed by atoms with van der Waals surface area (Å²) in [6.07, 6.45) is 2.58. The minimum absolute atomic E-state index is 0.0261. The number of thiazole rings is 1. The highest BCUT2D eigenvalue weighted by atomic mass is 32.1. The lowest BCUT2D eigenvalue weighted by Crippen LogP contribution is -2.35. The van der Waals surface area contributed by atoms with Crippen molar-refractivity contribution in [3.8, 4) is 0 Å². The van der Waals surface area contributed by atoms with Gasteiger partial charge in [-0.25, -0.2) is 4.98 Å². The molecule has 7 heteroatoms.